The van der Waals surface area contributed by atoms with Gasteiger partial charge in [-0.3, -0.25) is 9.59 Å². The molecule has 0 radical (unpaired) electrons. The molecule has 2 amide bonds. The van der Waals surface area contributed by atoms with Gasteiger partial charge >= 0.3 is 0 Å². The van der Waals surface area contributed by atoms with Crippen molar-refractivity contribution in [2.24, 2.45) is 5.92 Å². The van der Waals surface area contributed by atoms with Gasteiger partial charge in [-0.1, -0.05) is 27.2 Å². The smallest absolute Gasteiger partial charge is 0.245 e. The third-order valence-electron chi connectivity index (χ3n) is 3.20. The molecule has 0 spiro atoms. The summed E-state index contributed by atoms with van der Waals surface area (Å²) in [6, 6.07) is -0.345. The van der Waals surface area contributed by atoms with E-state index in [2.05, 4.69) is 19.2 Å². The fourth-order valence-electron chi connectivity index (χ4n) is 2.04. The third kappa shape index (κ3) is 5.59. The Morgan fingerprint density at radius 2 is 2.11 bits per heavy atom. The van der Waals surface area contributed by atoms with Crippen molar-refractivity contribution in [1.82, 2.24) is 10.2 Å². The van der Waals surface area contributed by atoms with Gasteiger partial charge in [-0.15, -0.1) is 0 Å². The Kier molecular flexibility index (Phi) is 6.84. The van der Waals surface area contributed by atoms with Gasteiger partial charge in [-0.05, 0) is 18.8 Å². The molecule has 110 valence electrons. The van der Waals surface area contributed by atoms with E-state index in [9.17, 15) is 9.59 Å². The number of piperazine rings is 1. The molecule has 0 aliphatic carbocycles. The van der Waals surface area contributed by atoms with Crippen LogP contribution in [-0.2, 0) is 14.3 Å². The lowest BCUT2D eigenvalue weighted by atomic mass is 10.1. The quantitative estimate of drug-likeness (QED) is 0.674. The van der Waals surface area contributed by atoms with Gasteiger partial charge in [-0.2, -0.15) is 0 Å². The minimum Gasteiger partial charge on any atom is -0.380 e. The monoisotopic (exact) mass is 270 g/mol. The van der Waals surface area contributed by atoms with Crippen molar-refractivity contribution in [3.8, 4) is 0 Å². The van der Waals surface area contributed by atoms with Crippen LogP contribution in [0.5, 0.6) is 0 Å². The zero-order valence-electron chi connectivity index (χ0n) is 12.3. The highest BCUT2D eigenvalue weighted by Crippen LogP contribution is 2.07. The largest absolute Gasteiger partial charge is 0.380 e. The molecule has 1 atom stereocenters. The van der Waals surface area contributed by atoms with Crippen molar-refractivity contribution in [1.29, 1.82) is 0 Å². The van der Waals surface area contributed by atoms with Crippen LogP contribution in [0.25, 0.3) is 0 Å². The number of carbonyl (C=O) groups is 2. The Hall–Kier alpha value is -1.10. The van der Waals surface area contributed by atoms with E-state index in [-0.39, 0.29) is 24.4 Å². The van der Waals surface area contributed by atoms with Gasteiger partial charge in [0.15, 0.2) is 0 Å². The molecule has 1 saturated heterocycles. The fraction of sp³-hybridized carbons (Fsp3) is 0.857. The van der Waals surface area contributed by atoms with E-state index in [1.807, 2.05) is 6.92 Å². The maximum Gasteiger partial charge on any atom is 0.245 e. The molecule has 1 rings (SSSR count). The molecule has 0 aromatic heterocycles. The number of ether oxygens (including phenoxy) is 1. The number of nitrogens with zero attached hydrogens (tertiary/aromatic N) is 1. The maximum absolute atomic E-state index is 12.1. The Bertz CT molecular complexity index is 305. The van der Waals surface area contributed by atoms with Gasteiger partial charge in [0.2, 0.25) is 11.8 Å². The van der Waals surface area contributed by atoms with E-state index in [1.165, 1.54) is 0 Å². The first-order chi connectivity index (χ1) is 9.04. The minimum absolute atomic E-state index is 0.0221. The van der Waals surface area contributed by atoms with Crippen LogP contribution in [0.2, 0.25) is 0 Å². The summed E-state index contributed by atoms with van der Waals surface area (Å²) in [7, 11) is 0. The fourth-order valence-corrected chi connectivity index (χ4v) is 2.04. The molecular formula is C14H26N2O3. The molecule has 0 bridgehead atoms. The zero-order valence-corrected chi connectivity index (χ0v) is 12.3. The number of hydrogen-bond acceptors (Lipinski definition) is 3. The molecule has 1 unspecified atom stereocenters. The Morgan fingerprint density at radius 3 is 2.74 bits per heavy atom. The summed E-state index contributed by atoms with van der Waals surface area (Å²) in [5.74, 6) is 0.575. The van der Waals surface area contributed by atoms with E-state index in [0.717, 1.165) is 12.8 Å². The zero-order chi connectivity index (χ0) is 14.3. The van der Waals surface area contributed by atoms with E-state index in [4.69, 9.17) is 4.74 Å². The average Bonchev–Trinajstić information content (AvgIpc) is 2.34. The topological polar surface area (TPSA) is 58.6 Å². The lowest BCUT2D eigenvalue weighted by Gasteiger charge is -2.32. The van der Waals surface area contributed by atoms with Gasteiger partial charge in [0.1, 0.15) is 6.04 Å². The average molecular weight is 270 g/mol. The van der Waals surface area contributed by atoms with Crippen molar-refractivity contribution in [2.75, 3.05) is 26.3 Å². The van der Waals surface area contributed by atoms with Gasteiger partial charge in [0, 0.05) is 13.2 Å². The molecule has 1 heterocycles. The second-order valence-corrected chi connectivity index (χ2v) is 5.46. The van der Waals surface area contributed by atoms with Crippen molar-refractivity contribution in [3.05, 3.63) is 0 Å². The van der Waals surface area contributed by atoms with Crippen LogP contribution < -0.4 is 5.32 Å². The SMILES string of the molecule is CCCC1NC(=O)CN(CCOCCC(C)C)C1=O. The highest BCUT2D eigenvalue weighted by molar-refractivity contribution is 5.94. The van der Waals surface area contributed by atoms with Crippen molar-refractivity contribution in [3.63, 3.8) is 0 Å². The maximum atomic E-state index is 12.1. The van der Waals surface area contributed by atoms with Crippen molar-refractivity contribution >= 4 is 11.8 Å². The molecule has 1 N–H and O–H groups in total. The second-order valence-electron chi connectivity index (χ2n) is 5.46. The standard InChI is InChI=1S/C14H26N2O3/c1-4-5-12-14(18)16(10-13(17)15-12)7-9-19-8-6-11(2)3/h11-12H,4-10H2,1-3H3,(H,15,17). The van der Waals surface area contributed by atoms with Crippen LogP contribution in [0.15, 0.2) is 0 Å². The second kappa shape index (κ2) is 8.15. The number of carbonyl (C=O) groups excluding carboxylic acids is 2. The van der Waals surface area contributed by atoms with Gasteiger partial charge < -0.3 is 15.0 Å². The first-order valence-electron chi connectivity index (χ1n) is 7.20. The van der Waals surface area contributed by atoms with Crippen LogP contribution in [-0.4, -0.2) is 49.1 Å². The van der Waals surface area contributed by atoms with E-state index >= 15 is 0 Å². The highest BCUT2D eigenvalue weighted by atomic mass is 16.5. The van der Waals surface area contributed by atoms with E-state index < -0.39 is 0 Å². The van der Waals surface area contributed by atoms with Gasteiger partial charge in [0.05, 0.1) is 13.2 Å². The normalized spacial score (nSPS) is 20.0. The predicted octanol–water partition coefficient (Wildman–Crippen LogP) is 1.18. The summed E-state index contributed by atoms with van der Waals surface area (Å²) < 4.78 is 5.50. The summed E-state index contributed by atoms with van der Waals surface area (Å²) in [6.45, 7) is 8.19. The molecular weight excluding hydrogens is 244 g/mol. The molecule has 1 aliphatic rings. The molecule has 0 aromatic carbocycles. The van der Waals surface area contributed by atoms with E-state index in [0.29, 0.717) is 32.1 Å². The Morgan fingerprint density at radius 1 is 1.37 bits per heavy atom. The number of rotatable bonds is 8. The third-order valence-corrected chi connectivity index (χ3v) is 3.20. The minimum atomic E-state index is -0.345. The van der Waals surface area contributed by atoms with Gasteiger partial charge in [0.25, 0.3) is 0 Å². The summed E-state index contributed by atoms with van der Waals surface area (Å²) in [6.07, 6.45) is 2.61. The van der Waals surface area contributed by atoms with Crippen LogP contribution in [0, 0.1) is 5.92 Å². The Labute approximate surface area is 115 Å². The van der Waals surface area contributed by atoms with Crippen LogP contribution >= 0.6 is 0 Å². The Balaban J connectivity index is 2.31. The predicted molar refractivity (Wildman–Crippen MR) is 73.7 cm³/mol. The molecule has 0 saturated carbocycles. The number of nitrogens with one attached hydrogen (secondary N) is 1. The van der Waals surface area contributed by atoms with Crippen LogP contribution in [0.1, 0.15) is 40.0 Å². The molecule has 1 fully saturated rings. The molecule has 0 aromatic rings. The molecule has 5 nitrogen and oxygen atoms in total. The summed E-state index contributed by atoms with van der Waals surface area (Å²) in [4.78, 5) is 25.2. The van der Waals surface area contributed by atoms with Crippen molar-refractivity contribution in [2.45, 2.75) is 46.1 Å². The first kappa shape index (κ1) is 16.0. The number of hydrogen-bond donors (Lipinski definition) is 1. The van der Waals surface area contributed by atoms with Crippen LogP contribution in [0.4, 0.5) is 0 Å². The number of amides is 2. The summed E-state index contributed by atoms with van der Waals surface area (Å²) >= 11 is 0. The van der Waals surface area contributed by atoms with E-state index in [1.54, 1.807) is 4.90 Å². The summed E-state index contributed by atoms with van der Waals surface area (Å²) in [5, 5.41) is 2.74. The lowest BCUT2D eigenvalue weighted by molar-refractivity contribution is -0.145. The lowest BCUT2D eigenvalue weighted by Crippen LogP contribution is -2.58. The summed E-state index contributed by atoms with van der Waals surface area (Å²) in [5.41, 5.74) is 0. The molecule has 5 heteroatoms. The van der Waals surface area contributed by atoms with Crippen molar-refractivity contribution < 1.29 is 14.3 Å². The molecule has 1 aliphatic heterocycles. The van der Waals surface area contributed by atoms with Gasteiger partial charge in [-0.25, -0.2) is 0 Å². The van der Waals surface area contributed by atoms with Crippen LogP contribution in [0.3, 0.4) is 0 Å². The first-order valence-corrected chi connectivity index (χ1v) is 7.20. The highest BCUT2D eigenvalue weighted by Gasteiger charge is 2.31. The molecule has 19 heavy (non-hydrogen) atoms.